The Labute approximate surface area is 151 Å². The van der Waals surface area contributed by atoms with Crippen molar-refractivity contribution in [1.29, 1.82) is 0 Å². The summed E-state index contributed by atoms with van der Waals surface area (Å²) in [6, 6.07) is 6.19. The summed E-state index contributed by atoms with van der Waals surface area (Å²) in [5.74, 6) is -0.0378. The summed E-state index contributed by atoms with van der Waals surface area (Å²) < 4.78 is 25.3. The summed E-state index contributed by atoms with van der Waals surface area (Å²) in [5, 5.41) is 0. The van der Waals surface area contributed by atoms with E-state index < -0.39 is 10.0 Å². The first kappa shape index (κ1) is 19.9. The summed E-state index contributed by atoms with van der Waals surface area (Å²) in [6.07, 6.45) is 0. The van der Waals surface area contributed by atoms with Gasteiger partial charge >= 0.3 is 0 Å². The second-order valence-electron chi connectivity index (χ2n) is 7.94. The number of piperazine rings is 1. The number of carbonyl (C=O) groups is 1. The minimum atomic E-state index is -3.47. The minimum absolute atomic E-state index is 0.0378. The second kappa shape index (κ2) is 7.43. The summed E-state index contributed by atoms with van der Waals surface area (Å²) in [5.41, 5.74) is 0.780. The van der Waals surface area contributed by atoms with Crippen LogP contribution in [-0.4, -0.2) is 75.2 Å². The first-order chi connectivity index (χ1) is 11.5. The molecule has 0 spiro atoms. The fourth-order valence-corrected chi connectivity index (χ4v) is 3.84. The third-order valence-electron chi connectivity index (χ3n) is 4.24. The van der Waals surface area contributed by atoms with Gasteiger partial charge in [0, 0.05) is 52.4 Å². The van der Waals surface area contributed by atoms with Gasteiger partial charge in [0.15, 0.2) is 0 Å². The maximum atomic E-state index is 12.6. The second-order valence-corrected chi connectivity index (χ2v) is 10.1. The molecule has 1 aromatic rings. The van der Waals surface area contributed by atoms with E-state index in [-0.39, 0.29) is 16.2 Å². The van der Waals surface area contributed by atoms with Crippen molar-refractivity contribution in [2.24, 2.45) is 5.41 Å². The molecule has 7 heteroatoms. The molecule has 1 saturated heterocycles. The maximum absolute atomic E-state index is 12.6. The maximum Gasteiger partial charge on any atom is 0.253 e. The Morgan fingerprint density at radius 1 is 1.04 bits per heavy atom. The van der Waals surface area contributed by atoms with Crippen LogP contribution in [0.3, 0.4) is 0 Å². The Morgan fingerprint density at radius 3 is 2.00 bits per heavy atom. The van der Waals surface area contributed by atoms with Crippen LogP contribution in [-0.2, 0) is 10.0 Å². The smallest absolute Gasteiger partial charge is 0.253 e. The standard InChI is InChI=1S/C18H29N3O3S/c1-18(2,3)14-20-10-12-21(13-11-20)17(22)15-6-8-16(9-7-15)25(23,24)19(4)5/h6-9H,10-14H2,1-5H3. The average Bonchev–Trinajstić information content (AvgIpc) is 2.53. The highest BCUT2D eigenvalue weighted by atomic mass is 32.2. The van der Waals surface area contributed by atoms with Crippen molar-refractivity contribution in [3.8, 4) is 0 Å². The molecular weight excluding hydrogens is 338 g/mol. The number of nitrogens with zero attached hydrogens (tertiary/aromatic N) is 3. The molecule has 1 heterocycles. The summed E-state index contributed by atoms with van der Waals surface area (Å²) >= 11 is 0. The van der Waals surface area contributed by atoms with Crippen molar-refractivity contribution in [1.82, 2.24) is 14.1 Å². The number of sulfonamides is 1. The van der Waals surface area contributed by atoms with Gasteiger partial charge in [-0.15, -0.1) is 0 Å². The highest BCUT2D eigenvalue weighted by Crippen LogP contribution is 2.18. The predicted octanol–water partition coefficient (Wildman–Crippen LogP) is 1.74. The molecule has 0 aliphatic carbocycles. The van der Waals surface area contributed by atoms with Gasteiger partial charge < -0.3 is 4.90 Å². The molecular formula is C18H29N3O3S. The Kier molecular flexibility index (Phi) is 5.91. The molecule has 1 fully saturated rings. The topological polar surface area (TPSA) is 60.9 Å². The number of carbonyl (C=O) groups excluding carboxylic acids is 1. The van der Waals surface area contributed by atoms with Crippen LogP contribution >= 0.6 is 0 Å². The molecule has 1 amide bonds. The third-order valence-corrected chi connectivity index (χ3v) is 6.07. The molecule has 0 bridgehead atoms. The van der Waals surface area contributed by atoms with E-state index in [0.29, 0.717) is 18.7 Å². The quantitative estimate of drug-likeness (QED) is 0.813. The van der Waals surface area contributed by atoms with E-state index in [1.807, 2.05) is 4.90 Å². The molecule has 0 saturated carbocycles. The molecule has 1 aliphatic heterocycles. The average molecular weight is 368 g/mol. The lowest BCUT2D eigenvalue weighted by Crippen LogP contribution is -2.50. The Morgan fingerprint density at radius 2 is 1.56 bits per heavy atom. The first-order valence-corrected chi connectivity index (χ1v) is 9.99. The lowest BCUT2D eigenvalue weighted by atomic mass is 9.96. The fraction of sp³-hybridized carbons (Fsp3) is 0.611. The van der Waals surface area contributed by atoms with E-state index in [0.717, 1.165) is 23.9 Å². The molecule has 6 nitrogen and oxygen atoms in total. The van der Waals surface area contributed by atoms with Gasteiger partial charge in [0.1, 0.15) is 0 Å². The summed E-state index contributed by atoms with van der Waals surface area (Å²) in [4.78, 5) is 17.1. The van der Waals surface area contributed by atoms with E-state index in [2.05, 4.69) is 25.7 Å². The van der Waals surface area contributed by atoms with Crippen LogP contribution in [0.15, 0.2) is 29.2 Å². The zero-order valence-electron chi connectivity index (χ0n) is 15.8. The molecule has 0 aromatic heterocycles. The van der Waals surface area contributed by atoms with Gasteiger partial charge in [-0.1, -0.05) is 20.8 Å². The van der Waals surface area contributed by atoms with Crippen molar-refractivity contribution in [2.45, 2.75) is 25.7 Å². The zero-order chi connectivity index (χ0) is 18.8. The van der Waals surface area contributed by atoms with Crippen LogP contribution in [0.1, 0.15) is 31.1 Å². The van der Waals surface area contributed by atoms with Crippen molar-refractivity contribution in [3.05, 3.63) is 29.8 Å². The lowest BCUT2D eigenvalue weighted by molar-refractivity contribution is 0.0592. The fourth-order valence-electron chi connectivity index (χ4n) is 2.94. The molecule has 0 atom stereocenters. The molecule has 25 heavy (non-hydrogen) atoms. The van der Waals surface area contributed by atoms with Crippen molar-refractivity contribution in [3.63, 3.8) is 0 Å². The molecule has 1 aromatic carbocycles. The van der Waals surface area contributed by atoms with E-state index in [1.54, 1.807) is 12.1 Å². The summed E-state index contributed by atoms with van der Waals surface area (Å²) in [6.45, 7) is 10.8. The number of hydrogen-bond donors (Lipinski definition) is 0. The summed E-state index contributed by atoms with van der Waals surface area (Å²) in [7, 11) is -0.484. The monoisotopic (exact) mass is 367 g/mol. The highest BCUT2D eigenvalue weighted by Gasteiger charge is 2.25. The lowest BCUT2D eigenvalue weighted by Gasteiger charge is -2.37. The number of hydrogen-bond acceptors (Lipinski definition) is 4. The zero-order valence-corrected chi connectivity index (χ0v) is 16.6. The van der Waals surface area contributed by atoms with Crippen molar-refractivity contribution in [2.75, 3.05) is 46.8 Å². The molecule has 140 valence electrons. The van der Waals surface area contributed by atoms with Crippen molar-refractivity contribution < 1.29 is 13.2 Å². The first-order valence-electron chi connectivity index (χ1n) is 8.55. The van der Waals surface area contributed by atoms with Gasteiger partial charge in [-0.05, 0) is 29.7 Å². The Balaban J connectivity index is 2.00. The van der Waals surface area contributed by atoms with Gasteiger partial charge in [0.05, 0.1) is 4.90 Å². The molecule has 2 rings (SSSR count). The van der Waals surface area contributed by atoms with E-state index in [1.165, 1.54) is 26.2 Å². The van der Waals surface area contributed by atoms with E-state index in [4.69, 9.17) is 0 Å². The Bertz CT molecular complexity index is 698. The van der Waals surface area contributed by atoms with Gasteiger partial charge in [-0.3, -0.25) is 9.69 Å². The highest BCUT2D eigenvalue weighted by molar-refractivity contribution is 7.89. The van der Waals surface area contributed by atoms with E-state index >= 15 is 0 Å². The van der Waals surface area contributed by atoms with Gasteiger partial charge in [0.2, 0.25) is 10.0 Å². The van der Waals surface area contributed by atoms with Gasteiger partial charge in [-0.25, -0.2) is 12.7 Å². The minimum Gasteiger partial charge on any atom is -0.336 e. The van der Waals surface area contributed by atoms with Crippen LogP contribution < -0.4 is 0 Å². The predicted molar refractivity (Wildman–Crippen MR) is 99.1 cm³/mol. The van der Waals surface area contributed by atoms with E-state index in [9.17, 15) is 13.2 Å². The SMILES string of the molecule is CN(C)S(=O)(=O)c1ccc(C(=O)N2CCN(CC(C)(C)C)CC2)cc1. The largest absolute Gasteiger partial charge is 0.336 e. The molecule has 1 aliphatic rings. The van der Waals surface area contributed by atoms with Crippen molar-refractivity contribution >= 4 is 15.9 Å². The van der Waals surface area contributed by atoms with Crippen LogP contribution in [0, 0.1) is 5.41 Å². The van der Waals surface area contributed by atoms with Crippen LogP contribution in [0.2, 0.25) is 0 Å². The van der Waals surface area contributed by atoms with Crippen LogP contribution in [0.4, 0.5) is 0 Å². The van der Waals surface area contributed by atoms with Crippen LogP contribution in [0.25, 0.3) is 0 Å². The third kappa shape index (κ3) is 5.03. The number of benzene rings is 1. The van der Waals surface area contributed by atoms with Gasteiger partial charge in [0.25, 0.3) is 5.91 Å². The molecule has 0 N–H and O–H groups in total. The molecule has 0 radical (unpaired) electrons. The number of amides is 1. The normalized spacial score (nSPS) is 17.1. The molecule has 0 unspecified atom stereocenters. The van der Waals surface area contributed by atoms with Crippen LogP contribution in [0.5, 0.6) is 0 Å². The number of rotatable bonds is 4. The van der Waals surface area contributed by atoms with Gasteiger partial charge in [-0.2, -0.15) is 0 Å². The Hall–Kier alpha value is -1.44.